The minimum atomic E-state index is -0.366. The van der Waals surface area contributed by atoms with Crippen molar-refractivity contribution in [3.63, 3.8) is 0 Å². The molecule has 31 heavy (non-hydrogen) atoms. The van der Waals surface area contributed by atoms with Crippen molar-refractivity contribution in [2.75, 3.05) is 11.9 Å². The van der Waals surface area contributed by atoms with E-state index >= 15 is 0 Å². The maximum Gasteiger partial charge on any atom is 0.338 e. The molecule has 3 aromatic rings. The van der Waals surface area contributed by atoms with E-state index in [-0.39, 0.29) is 5.97 Å². The Bertz CT molecular complexity index is 1080. The zero-order valence-corrected chi connectivity index (χ0v) is 18.1. The largest absolute Gasteiger partial charge is 0.488 e. The van der Waals surface area contributed by atoms with Gasteiger partial charge in [-0.25, -0.2) is 4.79 Å². The van der Waals surface area contributed by atoms with Crippen LogP contribution >= 0.6 is 11.6 Å². The number of halogens is 1. The van der Waals surface area contributed by atoms with E-state index in [4.69, 9.17) is 21.1 Å². The summed E-state index contributed by atoms with van der Waals surface area (Å²) in [5, 5.41) is 3.93. The summed E-state index contributed by atoms with van der Waals surface area (Å²) in [6.45, 7) is 6.35. The van der Waals surface area contributed by atoms with Crippen LogP contribution in [-0.4, -0.2) is 12.6 Å². The van der Waals surface area contributed by atoms with Crippen molar-refractivity contribution in [3.05, 3.63) is 113 Å². The molecule has 3 rings (SSSR count). The molecule has 0 bridgehead atoms. The third-order valence-corrected chi connectivity index (χ3v) is 4.64. The van der Waals surface area contributed by atoms with Crippen molar-refractivity contribution >= 4 is 29.0 Å². The second-order valence-corrected chi connectivity index (χ2v) is 7.09. The highest BCUT2D eigenvalue weighted by atomic mass is 35.5. The lowest BCUT2D eigenvalue weighted by atomic mass is 10.1. The van der Waals surface area contributed by atoms with Crippen LogP contribution in [0, 0.1) is 0 Å². The van der Waals surface area contributed by atoms with Gasteiger partial charge < -0.3 is 14.8 Å². The van der Waals surface area contributed by atoms with E-state index in [1.165, 1.54) is 0 Å². The lowest BCUT2D eigenvalue weighted by Gasteiger charge is -2.17. The maximum atomic E-state index is 12.1. The predicted molar refractivity (Wildman–Crippen MR) is 126 cm³/mol. The molecule has 3 aromatic carbocycles. The first-order valence-corrected chi connectivity index (χ1v) is 10.3. The SMILES string of the molecule is C=C/C=C(\Nc1cccc(C(=O)OCC)c1)c1cc(Cl)ccc1OCc1ccccc1. The number of ether oxygens (including phenoxy) is 2. The smallest absolute Gasteiger partial charge is 0.338 e. The topological polar surface area (TPSA) is 47.6 Å². The highest BCUT2D eigenvalue weighted by Crippen LogP contribution is 2.31. The molecule has 0 aromatic heterocycles. The van der Waals surface area contributed by atoms with Crippen molar-refractivity contribution in [2.45, 2.75) is 13.5 Å². The third kappa shape index (κ3) is 6.24. The third-order valence-electron chi connectivity index (χ3n) is 4.41. The van der Waals surface area contributed by atoms with Crippen molar-refractivity contribution in [1.82, 2.24) is 0 Å². The molecule has 0 spiro atoms. The molecule has 5 heteroatoms. The number of anilines is 1. The Balaban J connectivity index is 1.88. The van der Waals surface area contributed by atoms with Crippen molar-refractivity contribution in [3.8, 4) is 5.75 Å². The number of carbonyl (C=O) groups is 1. The maximum absolute atomic E-state index is 12.1. The molecule has 0 aliphatic carbocycles. The van der Waals surface area contributed by atoms with Gasteiger partial charge in [0, 0.05) is 22.0 Å². The van der Waals surface area contributed by atoms with Crippen LogP contribution in [-0.2, 0) is 11.3 Å². The summed E-state index contributed by atoms with van der Waals surface area (Å²) in [6, 6.07) is 22.5. The number of rotatable bonds is 9. The number of hydrogen-bond acceptors (Lipinski definition) is 4. The van der Waals surface area contributed by atoms with Crippen LogP contribution in [0.2, 0.25) is 5.02 Å². The molecule has 158 valence electrons. The normalized spacial score (nSPS) is 11.0. The molecule has 0 amide bonds. The number of carbonyl (C=O) groups excluding carboxylic acids is 1. The van der Waals surface area contributed by atoms with Crippen LogP contribution in [0.4, 0.5) is 5.69 Å². The second-order valence-electron chi connectivity index (χ2n) is 6.66. The molecule has 0 fully saturated rings. The summed E-state index contributed by atoms with van der Waals surface area (Å²) >= 11 is 6.29. The van der Waals surface area contributed by atoms with E-state index in [1.54, 1.807) is 37.3 Å². The summed E-state index contributed by atoms with van der Waals surface area (Å²) < 4.78 is 11.2. The van der Waals surface area contributed by atoms with Gasteiger partial charge in [0.15, 0.2) is 0 Å². The molecular weight excluding hydrogens is 410 g/mol. The first-order valence-electron chi connectivity index (χ1n) is 9.94. The monoisotopic (exact) mass is 433 g/mol. The summed E-state index contributed by atoms with van der Waals surface area (Å²) in [7, 11) is 0. The Morgan fingerprint density at radius 3 is 2.61 bits per heavy atom. The zero-order valence-electron chi connectivity index (χ0n) is 17.3. The number of hydrogen-bond donors (Lipinski definition) is 1. The fourth-order valence-corrected chi connectivity index (χ4v) is 3.16. The molecule has 0 radical (unpaired) electrons. The lowest BCUT2D eigenvalue weighted by molar-refractivity contribution is 0.0526. The average Bonchev–Trinajstić information content (AvgIpc) is 2.79. The summed E-state index contributed by atoms with van der Waals surface area (Å²) in [5.41, 5.74) is 3.78. The van der Waals surface area contributed by atoms with E-state index in [0.717, 1.165) is 22.5 Å². The number of nitrogens with one attached hydrogen (secondary N) is 1. The van der Waals surface area contributed by atoms with Gasteiger partial charge >= 0.3 is 5.97 Å². The molecule has 0 heterocycles. The highest BCUT2D eigenvalue weighted by molar-refractivity contribution is 6.30. The second kappa shape index (κ2) is 11.0. The first kappa shape index (κ1) is 22.2. The van der Waals surface area contributed by atoms with Gasteiger partial charge in [-0.3, -0.25) is 0 Å². The van der Waals surface area contributed by atoms with Crippen LogP contribution in [0.1, 0.15) is 28.4 Å². The van der Waals surface area contributed by atoms with Crippen LogP contribution in [0.25, 0.3) is 5.70 Å². The van der Waals surface area contributed by atoms with Crippen molar-refractivity contribution in [1.29, 1.82) is 0 Å². The lowest BCUT2D eigenvalue weighted by Crippen LogP contribution is -2.06. The van der Waals surface area contributed by atoms with Crippen LogP contribution in [0.3, 0.4) is 0 Å². The minimum Gasteiger partial charge on any atom is -0.488 e. The number of benzene rings is 3. The summed E-state index contributed by atoms with van der Waals surface area (Å²) in [5.74, 6) is 0.311. The van der Waals surface area contributed by atoms with Gasteiger partial charge in [-0.1, -0.05) is 60.7 Å². The van der Waals surface area contributed by atoms with Gasteiger partial charge in [-0.15, -0.1) is 0 Å². The Hall–Kier alpha value is -3.50. The highest BCUT2D eigenvalue weighted by Gasteiger charge is 2.13. The van der Waals surface area contributed by atoms with Gasteiger partial charge in [0.25, 0.3) is 0 Å². The van der Waals surface area contributed by atoms with Crippen LogP contribution in [0.5, 0.6) is 5.75 Å². The number of esters is 1. The predicted octanol–water partition coefficient (Wildman–Crippen LogP) is 6.73. The van der Waals surface area contributed by atoms with E-state index in [9.17, 15) is 4.79 Å². The molecule has 4 nitrogen and oxygen atoms in total. The Morgan fingerprint density at radius 1 is 1.06 bits per heavy atom. The van der Waals surface area contributed by atoms with E-state index < -0.39 is 0 Å². The van der Waals surface area contributed by atoms with Crippen LogP contribution in [0.15, 0.2) is 91.5 Å². The van der Waals surface area contributed by atoms with Gasteiger partial charge in [0.05, 0.1) is 12.2 Å². The van der Waals surface area contributed by atoms with Crippen molar-refractivity contribution < 1.29 is 14.3 Å². The zero-order chi connectivity index (χ0) is 22.1. The summed E-state index contributed by atoms with van der Waals surface area (Å²) in [4.78, 5) is 12.1. The molecule has 0 unspecified atom stereocenters. The Kier molecular flexibility index (Phi) is 7.91. The molecule has 1 N–H and O–H groups in total. The van der Waals surface area contributed by atoms with Gasteiger partial charge in [-0.2, -0.15) is 0 Å². The van der Waals surface area contributed by atoms with Crippen LogP contribution < -0.4 is 10.1 Å². The fourth-order valence-electron chi connectivity index (χ4n) is 2.98. The van der Waals surface area contributed by atoms with Gasteiger partial charge in [0.2, 0.25) is 0 Å². The molecule has 0 saturated carbocycles. The van der Waals surface area contributed by atoms with E-state index in [2.05, 4.69) is 11.9 Å². The molecule has 0 aliphatic rings. The quantitative estimate of drug-likeness (QED) is 0.300. The minimum absolute atomic E-state index is 0.322. The van der Waals surface area contributed by atoms with Gasteiger partial charge in [-0.05, 0) is 55.0 Å². The van der Waals surface area contributed by atoms with E-state index in [0.29, 0.717) is 29.5 Å². The van der Waals surface area contributed by atoms with E-state index in [1.807, 2.05) is 54.6 Å². The Morgan fingerprint density at radius 2 is 1.87 bits per heavy atom. The fraction of sp³-hybridized carbons (Fsp3) is 0.115. The first-order chi connectivity index (χ1) is 15.1. The Labute approximate surface area is 187 Å². The molecular formula is C26H24ClNO3. The molecule has 0 saturated heterocycles. The van der Waals surface area contributed by atoms with Gasteiger partial charge in [0.1, 0.15) is 12.4 Å². The number of allylic oxidation sites excluding steroid dienone is 2. The molecule has 0 atom stereocenters. The van der Waals surface area contributed by atoms with Crippen molar-refractivity contribution in [2.24, 2.45) is 0 Å². The average molecular weight is 434 g/mol. The standard InChI is InChI=1S/C26H24ClNO3/c1-3-9-24(28-22-13-8-12-20(16-22)26(29)30-4-2)23-17-21(27)14-15-25(23)31-18-19-10-6-5-7-11-19/h3,5-17,28H,1,4,18H2,2H3/b24-9-. The molecule has 0 aliphatic heterocycles. The summed E-state index contributed by atoms with van der Waals surface area (Å²) in [6.07, 6.45) is 3.51.